The Bertz CT molecular complexity index is 4890. The third-order valence-corrected chi connectivity index (χ3v) is 21.8. The molecule has 2 saturated carbocycles. The zero-order chi connectivity index (χ0) is 81.8. The second kappa shape index (κ2) is 37.7. The van der Waals surface area contributed by atoms with Crippen LogP contribution < -0.4 is 37.8 Å². The predicted molar refractivity (Wildman–Crippen MR) is 388 cm³/mol. The van der Waals surface area contributed by atoms with Gasteiger partial charge in [0, 0.05) is 47.1 Å². The Morgan fingerprint density at radius 3 is 1.89 bits per heavy atom. The molecule has 113 heavy (non-hydrogen) atoms. The number of hydrogen-bond donors (Lipinski definition) is 16. The van der Waals surface area contributed by atoms with Crippen molar-refractivity contribution in [1.82, 2.24) is 25.9 Å². The van der Waals surface area contributed by atoms with Gasteiger partial charge < -0.3 is 100 Å². The number of anilines is 2. The highest BCUT2D eigenvalue weighted by atomic mass is 32.2. The number of benzene rings is 5. The highest BCUT2D eigenvalue weighted by Crippen LogP contribution is 2.40. The Balaban J connectivity index is 0.751. The van der Waals surface area contributed by atoms with Gasteiger partial charge in [-0.15, -0.1) is 0 Å². The average Bonchev–Trinajstić information content (AvgIpc) is 0.739. The number of ether oxygens (including phenoxy) is 8. The first-order valence-corrected chi connectivity index (χ1v) is 39.7. The van der Waals surface area contributed by atoms with Gasteiger partial charge in [-0.3, -0.25) is 47.4 Å². The monoisotopic (exact) mass is 1640 g/mol. The zero-order valence-electron chi connectivity index (χ0n) is 59.9. The standard InChI is InChI=1S/C71H83N7O32S3/c1-35-57(83)59(85)60(86)69(105-35)110-61-46(76-66(89)47-31-53(80)78-71(93)77-47)27-41(28-48(61)107-70-63(109-68(92)40-10-6-3-7-11-40)62(58(84)50(32-79)108-70)106-49(67(90)91)26-36-8-4-2-5-9-36)64(87)73-23-22-72-54(81)33-103-24-25-104-34-55(82)74-42-18-16-38(17-19-42)37-12-14-39(15-13-37)65(88)75-45-20-21-51(112(97,98)99)44-29-43(111(94,95)96)30-52(56(44)45)113(100,101)102/h3,6-7,10-21,29-31,35-36,41,46,48-50,57-63,69-70,79,83-86H,2,4-5,8-9,22-28,32-34H2,1H3,(H,72,81)(H,73,87)(H,74,82)(H,75,88)(H,76,89)(H,90,91)(H,94,95,96)(H,97,98,99)(H,100,101,102)(H2,77,78,80,93)/t35?,41?,46?,48?,49-,50?,57?,58?,59?,60?,61?,62?,63?,69?,70?/m0/s1. The van der Waals surface area contributed by atoms with E-state index in [1.807, 2.05) is 4.98 Å². The number of aromatic nitrogens is 2. The summed E-state index contributed by atoms with van der Waals surface area (Å²) in [5.74, 6) is -7.86. The molecule has 2 aliphatic heterocycles. The molecule has 0 spiro atoms. The van der Waals surface area contributed by atoms with Gasteiger partial charge in [-0.1, -0.05) is 74.6 Å². The highest BCUT2D eigenvalue weighted by molar-refractivity contribution is 7.87. The number of carboxylic acid groups (broad SMARTS) is 1. The third kappa shape index (κ3) is 22.3. The van der Waals surface area contributed by atoms with E-state index >= 15 is 0 Å². The van der Waals surface area contributed by atoms with E-state index in [4.69, 9.17) is 37.9 Å². The topological polar surface area (TPSA) is 604 Å². The van der Waals surface area contributed by atoms with Crippen LogP contribution in [0.25, 0.3) is 21.9 Å². The van der Waals surface area contributed by atoms with E-state index < -0.39 is 244 Å². The van der Waals surface area contributed by atoms with E-state index in [0.717, 1.165) is 37.5 Å². The number of aliphatic hydroxyl groups excluding tert-OH is 5. The molecule has 4 fully saturated rings. The van der Waals surface area contributed by atoms with Gasteiger partial charge in [0.15, 0.2) is 24.8 Å². The largest absolute Gasteiger partial charge is 0.479 e. The molecule has 14 unspecified atom stereocenters. The number of aliphatic hydroxyl groups is 5. The molecule has 2 aliphatic carbocycles. The summed E-state index contributed by atoms with van der Waals surface area (Å²) < 4.78 is 151. The Morgan fingerprint density at radius 1 is 0.619 bits per heavy atom. The van der Waals surface area contributed by atoms with Crippen molar-refractivity contribution < 1.29 is 141 Å². The van der Waals surface area contributed by atoms with E-state index in [2.05, 4.69) is 31.6 Å². The molecule has 3 heterocycles. The molecule has 15 atom stereocenters. The van der Waals surface area contributed by atoms with Crippen LogP contribution >= 0.6 is 0 Å². The number of nitrogens with one attached hydrogen (secondary N) is 7. The van der Waals surface area contributed by atoms with Crippen LogP contribution in [0.5, 0.6) is 0 Å². The molecule has 2 saturated heterocycles. The Hall–Kier alpha value is -9.42. The van der Waals surface area contributed by atoms with Crippen LogP contribution in [0.15, 0.2) is 133 Å². The fraction of sp³-hybridized carbons (Fsp3) is 0.451. The van der Waals surface area contributed by atoms with Gasteiger partial charge in [0.1, 0.15) is 71.4 Å². The molecule has 0 bridgehead atoms. The first-order chi connectivity index (χ1) is 53.5. The van der Waals surface area contributed by atoms with Crippen molar-refractivity contribution in [1.29, 1.82) is 0 Å². The summed E-state index contributed by atoms with van der Waals surface area (Å²) in [5.41, 5.74) is -1.65. The van der Waals surface area contributed by atoms with Gasteiger partial charge in [-0.2, -0.15) is 25.3 Å². The number of aliphatic carboxylic acids is 1. The van der Waals surface area contributed by atoms with Gasteiger partial charge in [-0.25, -0.2) is 14.4 Å². The summed E-state index contributed by atoms with van der Waals surface area (Å²) in [6, 6.07) is 21.3. The number of H-pyrrole nitrogens is 2. The molecule has 1 aromatic heterocycles. The lowest BCUT2D eigenvalue weighted by molar-refractivity contribution is -0.347. The summed E-state index contributed by atoms with van der Waals surface area (Å²) >= 11 is 0. The summed E-state index contributed by atoms with van der Waals surface area (Å²) in [6.45, 7) is -1.34. The summed E-state index contributed by atoms with van der Waals surface area (Å²) in [6.07, 6.45) is -19.9. The first kappa shape index (κ1) is 86.0. The Kier molecular flexibility index (Phi) is 28.7. The minimum absolute atomic E-state index is 0.0266. The quantitative estimate of drug-likeness (QED) is 0.0150. The van der Waals surface area contributed by atoms with Crippen LogP contribution in [0.2, 0.25) is 0 Å². The first-order valence-electron chi connectivity index (χ1n) is 35.3. The number of hydrogen-bond acceptors (Lipinski definition) is 28. The molecule has 5 aromatic carbocycles. The second-order valence-electron chi connectivity index (χ2n) is 27.1. The maximum absolute atomic E-state index is 14.5. The van der Waals surface area contributed by atoms with E-state index in [1.165, 1.54) is 55.5 Å². The molecule has 612 valence electrons. The fourth-order valence-corrected chi connectivity index (χ4v) is 15.6. The van der Waals surface area contributed by atoms with Crippen molar-refractivity contribution in [2.45, 2.75) is 159 Å². The number of aromatic amines is 2. The van der Waals surface area contributed by atoms with E-state index in [9.17, 15) is 113 Å². The number of amides is 5. The van der Waals surface area contributed by atoms with Crippen LogP contribution in [0, 0.1) is 11.8 Å². The zero-order valence-corrected chi connectivity index (χ0v) is 62.3. The maximum atomic E-state index is 14.5. The van der Waals surface area contributed by atoms with E-state index in [-0.39, 0.29) is 49.8 Å². The van der Waals surface area contributed by atoms with Crippen molar-refractivity contribution in [3.8, 4) is 11.1 Å². The predicted octanol–water partition coefficient (Wildman–Crippen LogP) is -0.00110. The average molecular weight is 1640 g/mol. The van der Waals surface area contributed by atoms with Gasteiger partial charge in [0.25, 0.3) is 47.7 Å². The molecule has 6 aromatic rings. The molecule has 39 nitrogen and oxygen atoms in total. The number of carbonyl (C=O) groups is 7. The molecule has 5 amide bonds. The van der Waals surface area contributed by atoms with Gasteiger partial charge in [0.05, 0.1) is 54.2 Å². The van der Waals surface area contributed by atoms with Gasteiger partial charge in [0.2, 0.25) is 17.7 Å². The molecule has 10 rings (SSSR count). The number of esters is 1. The van der Waals surface area contributed by atoms with Crippen LogP contribution in [-0.4, -0.2) is 253 Å². The number of carbonyl (C=O) groups excluding carboxylic acids is 6. The van der Waals surface area contributed by atoms with Crippen LogP contribution in [0.4, 0.5) is 11.4 Å². The van der Waals surface area contributed by atoms with E-state index in [0.29, 0.717) is 41.8 Å². The highest BCUT2D eigenvalue weighted by Gasteiger charge is 2.55. The normalized spacial score (nSPS) is 24.6. The lowest BCUT2D eigenvalue weighted by Gasteiger charge is -2.48. The molecule has 0 radical (unpaired) electrons. The van der Waals surface area contributed by atoms with Crippen molar-refractivity contribution in [3.63, 3.8) is 0 Å². The molecule has 16 N–H and O–H groups in total. The van der Waals surface area contributed by atoms with Crippen LogP contribution in [-0.2, 0) is 87.4 Å². The third-order valence-electron chi connectivity index (χ3n) is 19.2. The molecular weight excluding hydrogens is 1560 g/mol. The van der Waals surface area contributed by atoms with Crippen LogP contribution in [0.3, 0.4) is 0 Å². The summed E-state index contributed by atoms with van der Waals surface area (Å²) in [7, 11) is -15.8. The van der Waals surface area contributed by atoms with E-state index in [1.54, 1.807) is 30.3 Å². The molecular formula is C71H83N7O32S3. The van der Waals surface area contributed by atoms with Crippen molar-refractivity contribution in [2.75, 3.05) is 56.8 Å². The van der Waals surface area contributed by atoms with Crippen molar-refractivity contribution in [3.05, 3.63) is 147 Å². The Morgan fingerprint density at radius 2 is 1.27 bits per heavy atom. The molecule has 42 heteroatoms. The lowest BCUT2D eigenvalue weighted by atomic mass is 9.80. The Labute approximate surface area is 643 Å². The molecule has 4 aliphatic rings. The minimum Gasteiger partial charge on any atom is -0.479 e. The summed E-state index contributed by atoms with van der Waals surface area (Å²) in [4.78, 5) is 121. The van der Waals surface area contributed by atoms with Gasteiger partial charge >= 0.3 is 17.6 Å². The maximum Gasteiger partial charge on any atom is 0.338 e. The van der Waals surface area contributed by atoms with Crippen molar-refractivity contribution >= 4 is 94.0 Å². The number of carboxylic acids is 1. The smallest absolute Gasteiger partial charge is 0.338 e. The number of rotatable bonds is 32. The minimum atomic E-state index is -5.39. The van der Waals surface area contributed by atoms with Crippen molar-refractivity contribution in [2.24, 2.45) is 11.8 Å². The van der Waals surface area contributed by atoms with Crippen LogP contribution in [0.1, 0.15) is 89.5 Å². The lowest BCUT2D eigenvalue weighted by Crippen LogP contribution is -2.65. The number of fused-ring (bicyclic) bond motifs is 1. The second-order valence-corrected chi connectivity index (χ2v) is 31.3. The van der Waals surface area contributed by atoms with Gasteiger partial charge in [-0.05, 0) is 104 Å². The summed E-state index contributed by atoms with van der Waals surface area (Å²) in [5, 5.41) is 77.5. The fourth-order valence-electron chi connectivity index (χ4n) is 13.6. The SMILES string of the molecule is CC1OC(OC2C(NC(=O)c3cc(=O)[nH]c(=O)[nH]3)CC(C(=O)NCCNC(=O)COCCOCC(=O)Nc3ccc(-c4ccc(C(=O)Nc5ccc(S(=O)(=O)O)c6cc(S(=O)(=O)O)cc(S(=O)(=O)O)c56)cc4)cc3)CC2OC2OC(CO)C(O)C(O[C@@H](CC3CCCCC3)C(=O)O)C2OC(=O)c2ccccc2)C(O)C(O)C1O.